The fourth-order valence-electron chi connectivity index (χ4n) is 1.96. The average molecular weight is 211 g/mol. The van der Waals surface area contributed by atoms with E-state index in [1.54, 1.807) is 0 Å². The largest absolute Gasteiger partial charge is 0.310 e. The maximum atomic E-state index is 13.0. The highest BCUT2D eigenvalue weighted by molar-refractivity contribution is 5.23. The van der Waals surface area contributed by atoms with Crippen molar-refractivity contribution in [1.82, 2.24) is 5.32 Å². The minimum Gasteiger partial charge on any atom is -0.310 e. The van der Waals surface area contributed by atoms with Crippen molar-refractivity contribution in [3.8, 4) is 0 Å². The molecule has 1 N–H and O–H groups in total. The zero-order valence-electron chi connectivity index (χ0n) is 8.76. The minimum absolute atomic E-state index is 0.111. The first-order valence-electron chi connectivity index (χ1n) is 5.40. The number of benzene rings is 1. The van der Waals surface area contributed by atoms with E-state index in [1.165, 1.54) is 12.1 Å². The molecule has 1 aromatic rings. The van der Waals surface area contributed by atoms with Crippen LogP contribution in [0.4, 0.5) is 8.78 Å². The summed E-state index contributed by atoms with van der Waals surface area (Å²) in [5.74, 6) is -0.437. The Kier molecular flexibility index (Phi) is 3.00. The van der Waals surface area contributed by atoms with Crippen molar-refractivity contribution in [2.24, 2.45) is 5.92 Å². The van der Waals surface area contributed by atoms with E-state index in [1.807, 2.05) is 6.92 Å². The van der Waals surface area contributed by atoms with E-state index in [2.05, 4.69) is 5.32 Å². The Bertz CT molecular complexity index is 327. The van der Waals surface area contributed by atoms with Crippen molar-refractivity contribution in [2.45, 2.75) is 25.8 Å². The highest BCUT2D eigenvalue weighted by Crippen LogP contribution is 2.41. The summed E-state index contributed by atoms with van der Waals surface area (Å²) in [5, 5.41) is 3.28. The van der Waals surface area contributed by atoms with E-state index < -0.39 is 11.6 Å². The van der Waals surface area contributed by atoms with Gasteiger partial charge in [-0.1, -0.05) is 6.92 Å². The van der Waals surface area contributed by atoms with Gasteiger partial charge >= 0.3 is 0 Å². The van der Waals surface area contributed by atoms with Gasteiger partial charge in [-0.05, 0) is 43.0 Å². The molecule has 1 saturated carbocycles. The van der Waals surface area contributed by atoms with Crippen LogP contribution in [0.15, 0.2) is 18.2 Å². The molecule has 1 unspecified atom stereocenters. The average Bonchev–Trinajstić information content (AvgIpc) is 2.95. The molecule has 2 rings (SSSR count). The zero-order chi connectivity index (χ0) is 10.8. The Morgan fingerprint density at radius 1 is 1.27 bits per heavy atom. The first-order valence-corrected chi connectivity index (χ1v) is 5.40. The molecule has 1 nitrogen and oxygen atoms in total. The number of hydrogen-bond acceptors (Lipinski definition) is 1. The Morgan fingerprint density at radius 2 is 1.87 bits per heavy atom. The van der Waals surface area contributed by atoms with Gasteiger partial charge in [0.05, 0.1) is 0 Å². The monoisotopic (exact) mass is 211 g/mol. The predicted octanol–water partition coefficient (Wildman–Crippen LogP) is 3.03. The van der Waals surface area contributed by atoms with Crippen LogP contribution in [0.5, 0.6) is 0 Å². The number of rotatable bonds is 4. The van der Waals surface area contributed by atoms with E-state index in [4.69, 9.17) is 0 Å². The molecule has 0 radical (unpaired) electrons. The smallest absolute Gasteiger partial charge is 0.126 e. The lowest BCUT2D eigenvalue weighted by Crippen LogP contribution is -2.22. The zero-order valence-corrected chi connectivity index (χ0v) is 8.76. The van der Waals surface area contributed by atoms with Crippen molar-refractivity contribution in [1.29, 1.82) is 0 Å². The summed E-state index contributed by atoms with van der Waals surface area (Å²) in [7, 11) is 0. The molecule has 0 heterocycles. The molecule has 0 aromatic heterocycles. The minimum atomic E-state index is -0.492. The van der Waals surface area contributed by atoms with Crippen LogP contribution in [-0.2, 0) is 0 Å². The van der Waals surface area contributed by atoms with E-state index in [0.29, 0.717) is 5.92 Å². The SMILES string of the molecule is CCNC(c1cc(F)cc(F)c1)C1CC1. The Hall–Kier alpha value is -0.960. The Labute approximate surface area is 88.5 Å². The molecule has 3 heteroatoms. The van der Waals surface area contributed by atoms with Gasteiger partial charge in [-0.2, -0.15) is 0 Å². The molecule has 0 aliphatic heterocycles. The predicted molar refractivity (Wildman–Crippen MR) is 55.5 cm³/mol. The van der Waals surface area contributed by atoms with E-state index in [-0.39, 0.29) is 6.04 Å². The van der Waals surface area contributed by atoms with Gasteiger partial charge in [0.25, 0.3) is 0 Å². The maximum Gasteiger partial charge on any atom is 0.126 e. The fraction of sp³-hybridized carbons (Fsp3) is 0.500. The normalized spacial score (nSPS) is 17.8. The van der Waals surface area contributed by atoms with Crippen LogP contribution in [0.1, 0.15) is 31.4 Å². The van der Waals surface area contributed by atoms with E-state index in [9.17, 15) is 8.78 Å². The summed E-state index contributed by atoms with van der Waals surface area (Å²) < 4.78 is 26.1. The van der Waals surface area contributed by atoms with Crippen molar-refractivity contribution in [3.05, 3.63) is 35.4 Å². The summed E-state index contributed by atoms with van der Waals surface area (Å²) >= 11 is 0. The van der Waals surface area contributed by atoms with Crippen molar-refractivity contribution in [2.75, 3.05) is 6.54 Å². The van der Waals surface area contributed by atoms with Gasteiger partial charge in [-0.15, -0.1) is 0 Å². The maximum absolute atomic E-state index is 13.0. The Morgan fingerprint density at radius 3 is 2.33 bits per heavy atom. The molecule has 0 bridgehead atoms. The molecule has 1 fully saturated rings. The van der Waals surface area contributed by atoms with Crippen LogP contribution in [0, 0.1) is 17.6 Å². The van der Waals surface area contributed by atoms with Crippen LogP contribution >= 0.6 is 0 Å². The van der Waals surface area contributed by atoms with Gasteiger partial charge in [0.1, 0.15) is 11.6 Å². The van der Waals surface area contributed by atoms with Crippen LogP contribution in [-0.4, -0.2) is 6.54 Å². The summed E-state index contributed by atoms with van der Waals surface area (Å²) in [6, 6.07) is 3.88. The standard InChI is InChI=1S/C12H15F2N/c1-2-15-12(8-3-4-8)9-5-10(13)7-11(14)6-9/h5-8,12,15H,2-4H2,1H3. The van der Waals surface area contributed by atoms with Gasteiger partial charge in [0.15, 0.2) is 0 Å². The fourth-order valence-corrected chi connectivity index (χ4v) is 1.96. The number of halogens is 2. The molecule has 1 atom stereocenters. The number of nitrogens with one attached hydrogen (secondary N) is 1. The van der Waals surface area contributed by atoms with E-state index >= 15 is 0 Å². The topological polar surface area (TPSA) is 12.0 Å². The van der Waals surface area contributed by atoms with Crippen LogP contribution in [0.25, 0.3) is 0 Å². The lowest BCUT2D eigenvalue weighted by molar-refractivity contribution is 0.486. The quantitative estimate of drug-likeness (QED) is 0.807. The molecule has 82 valence electrons. The highest BCUT2D eigenvalue weighted by atomic mass is 19.1. The summed E-state index contributed by atoms with van der Waals surface area (Å²) in [5.41, 5.74) is 0.733. The van der Waals surface area contributed by atoms with Crippen LogP contribution < -0.4 is 5.32 Å². The van der Waals surface area contributed by atoms with Gasteiger partial charge in [-0.25, -0.2) is 8.78 Å². The van der Waals surface area contributed by atoms with Gasteiger partial charge in [-0.3, -0.25) is 0 Å². The molecule has 1 aliphatic rings. The van der Waals surface area contributed by atoms with Crippen molar-refractivity contribution in [3.63, 3.8) is 0 Å². The third-order valence-electron chi connectivity index (χ3n) is 2.76. The van der Waals surface area contributed by atoms with Crippen LogP contribution in [0.2, 0.25) is 0 Å². The second-order valence-electron chi connectivity index (χ2n) is 4.08. The molecular formula is C12H15F2N. The Balaban J connectivity index is 2.24. The lowest BCUT2D eigenvalue weighted by atomic mass is 10.0. The van der Waals surface area contributed by atoms with Gasteiger partial charge < -0.3 is 5.32 Å². The summed E-state index contributed by atoms with van der Waals surface area (Å²) in [6.45, 7) is 2.82. The second kappa shape index (κ2) is 4.27. The molecule has 0 spiro atoms. The molecule has 0 amide bonds. The molecule has 1 aromatic carbocycles. The lowest BCUT2D eigenvalue weighted by Gasteiger charge is -2.17. The highest BCUT2D eigenvalue weighted by Gasteiger charge is 2.32. The molecule has 1 aliphatic carbocycles. The van der Waals surface area contributed by atoms with E-state index in [0.717, 1.165) is 31.0 Å². The van der Waals surface area contributed by atoms with Crippen LogP contribution in [0.3, 0.4) is 0 Å². The number of hydrogen-bond donors (Lipinski definition) is 1. The molecular weight excluding hydrogens is 196 g/mol. The first kappa shape index (κ1) is 10.6. The third kappa shape index (κ3) is 2.53. The third-order valence-corrected chi connectivity index (χ3v) is 2.76. The summed E-state index contributed by atoms with van der Waals surface area (Å²) in [6.07, 6.45) is 2.30. The second-order valence-corrected chi connectivity index (χ2v) is 4.08. The van der Waals surface area contributed by atoms with Gasteiger partial charge in [0.2, 0.25) is 0 Å². The molecule has 15 heavy (non-hydrogen) atoms. The van der Waals surface area contributed by atoms with Gasteiger partial charge in [0, 0.05) is 12.1 Å². The van der Waals surface area contributed by atoms with Crippen molar-refractivity contribution < 1.29 is 8.78 Å². The first-order chi connectivity index (χ1) is 7.20. The summed E-state index contributed by atoms with van der Waals surface area (Å²) in [4.78, 5) is 0. The molecule has 0 saturated heterocycles. The van der Waals surface area contributed by atoms with Crippen molar-refractivity contribution >= 4 is 0 Å².